The minimum Gasteiger partial charge on any atom is -0.481 e. The second-order valence-electron chi connectivity index (χ2n) is 4.89. The van der Waals surface area contributed by atoms with Crippen molar-refractivity contribution in [1.82, 2.24) is 4.90 Å². The van der Waals surface area contributed by atoms with Gasteiger partial charge in [0.1, 0.15) is 0 Å². The number of aliphatic hydroxyl groups is 1. The maximum absolute atomic E-state index is 12.2. The Bertz CT molecular complexity index is 320. The molecule has 1 fully saturated rings. The van der Waals surface area contributed by atoms with Gasteiger partial charge >= 0.3 is 5.97 Å². The fraction of sp³-hybridized carbons (Fsp3) is 0.833. The van der Waals surface area contributed by atoms with Gasteiger partial charge in [0.25, 0.3) is 0 Å². The molecule has 6 heteroatoms. The number of rotatable bonds is 4. The van der Waals surface area contributed by atoms with Crippen LogP contribution in [0.2, 0.25) is 0 Å². The second-order valence-corrected chi connectivity index (χ2v) is 4.89. The van der Waals surface area contributed by atoms with Crippen LogP contribution in [0.4, 0.5) is 0 Å². The summed E-state index contributed by atoms with van der Waals surface area (Å²) < 4.78 is 5.35. The number of aliphatic hydroxyl groups excluding tert-OH is 1. The van der Waals surface area contributed by atoms with Gasteiger partial charge in [-0.1, -0.05) is 13.8 Å². The van der Waals surface area contributed by atoms with Gasteiger partial charge in [-0.2, -0.15) is 0 Å². The van der Waals surface area contributed by atoms with Gasteiger partial charge in [-0.25, -0.2) is 0 Å². The Morgan fingerprint density at radius 1 is 1.39 bits per heavy atom. The highest BCUT2D eigenvalue weighted by molar-refractivity contribution is 5.84. The van der Waals surface area contributed by atoms with Crippen LogP contribution in [0.5, 0.6) is 0 Å². The molecule has 0 aromatic rings. The van der Waals surface area contributed by atoms with Crippen molar-refractivity contribution in [3.05, 3.63) is 0 Å². The third-order valence-electron chi connectivity index (χ3n) is 3.52. The number of aliphatic carboxylic acids is 1. The van der Waals surface area contributed by atoms with Crippen LogP contribution in [0, 0.1) is 11.8 Å². The van der Waals surface area contributed by atoms with Crippen LogP contribution >= 0.6 is 0 Å². The third-order valence-corrected chi connectivity index (χ3v) is 3.52. The van der Waals surface area contributed by atoms with E-state index in [1.54, 1.807) is 11.8 Å². The minimum atomic E-state index is -0.976. The molecule has 0 bridgehead atoms. The quantitative estimate of drug-likeness (QED) is 0.739. The van der Waals surface area contributed by atoms with Crippen molar-refractivity contribution < 1.29 is 24.5 Å². The first-order valence-corrected chi connectivity index (χ1v) is 6.14. The van der Waals surface area contributed by atoms with Gasteiger partial charge in [0.05, 0.1) is 31.3 Å². The summed E-state index contributed by atoms with van der Waals surface area (Å²) in [5.41, 5.74) is 0. The number of nitrogens with zero attached hydrogens (tertiary/aromatic N) is 1. The summed E-state index contributed by atoms with van der Waals surface area (Å²) in [6, 6.07) is -0.0938. The van der Waals surface area contributed by atoms with Gasteiger partial charge in [-0.15, -0.1) is 0 Å². The predicted molar refractivity (Wildman–Crippen MR) is 64.0 cm³/mol. The van der Waals surface area contributed by atoms with Gasteiger partial charge in [0.15, 0.2) is 0 Å². The largest absolute Gasteiger partial charge is 0.481 e. The van der Waals surface area contributed by atoms with Crippen LogP contribution < -0.4 is 0 Å². The Balaban J connectivity index is 2.72. The monoisotopic (exact) mass is 259 g/mol. The first-order valence-electron chi connectivity index (χ1n) is 6.14. The van der Waals surface area contributed by atoms with Crippen molar-refractivity contribution in [3.63, 3.8) is 0 Å². The lowest BCUT2D eigenvalue weighted by molar-refractivity contribution is -0.156. The Hall–Kier alpha value is -1.14. The molecule has 0 aliphatic carbocycles. The molecule has 1 heterocycles. The molecule has 1 amide bonds. The molecule has 1 aliphatic rings. The van der Waals surface area contributed by atoms with E-state index in [9.17, 15) is 9.59 Å². The van der Waals surface area contributed by atoms with Gasteiger partial charge in [0, 0.05) is 12.5 Å². The number of hydrogen-bond acceptors (Lipinski definition) is 4. The molecule has 1 saturated heterocycles. The number of carbonyl (C=O) groups is 2. The van der Waals surface area contributed by atoms with E-state index in [1.807, 2.05) is 6.92 Å². The molecule has 104 valence electrons. The summed E-state index contributed by atoms with van der Waals surface area (Å²) in [4.78, 5) is 24.7. The van der Waals surface area contributed by atoms with E-state index in [2.05, 4.69) is 0 Å². The minimum absolute atomic E-state index is 0.0938. The summed E-state index contributed by atoms with van der Waals surface area (Å²) in [5.74, 6) is -2.47. The van der Waals surface area contributed by atoms with E-state index in [-0.39, 0.29) is 24.7 Å². The summed E-state index contributed by atoms with van der Waals surface area (Å²) in [7, 11) is 0. The fourth-order valence-electron chi connectivity index (χ4n) is 1.92. The number of carbonyl (C=O) groups excluding carboxylic acids is 1. The number of ether oxygens (including phenoxy) is 1. The summed E-state index contributed by atoms with van der Waals surface area (Å²) in [6.45, 7) is 5.54. The summed E-state index contributed by atoms with van der Waals surface area (Å²) >= 11 is 0. The zero-order valence-electron chi connectivity index (χ0n) is 11.0. The molecule has 6 nitrogen and oxygen atoms in total. The average molecular weight is 259 g/mol. The Morgan fingerprint density at radius 2 is 2.00 bits per heavy atom. The van der Waals surface area contributed by atoms with E-state index in [1.165, 1.54) is 6.92 Å². The molecule has 0 spiro atoms. The molecule has 1 rings (SSSR count). The molecule has 18 heavy (non-hydrogen) atoms. The number of carboxylic acid groups (broad SMARTS) is 1. The van der Waals surface area contributed by atoms with Crippen LogP contribution in [-0.2, 0) is 14.3 Å². The maximum Gasteiger partial charge on any atom is 0.307 e. The molecule has 0 aromatic heterocycles. The molecule has 2 N–H and O–H groups in total. The molecule has 4 atom stereocenters. The van der Waals surface area contributed by atoms with Crippen LogP contribution in [0.3, 0.4) is 0 Å². The highest BCUT2D eigenvalue weighted by atomic mass is 16.5. The van der Waals surface area contributed by atoms with E-state index in [4.69, 9.17) is 14.9 Å². The lowest BCUT2D eigenvalue weighted by Crippen LogP contribution is -2.54. The maximum atomic E-state index is 12.2. The molecule has 0 aromatic carbocycles. The van der Waals surface area contributed by atoms with E-state index in [0.29, 0.717) is 13.2 Å². The zero-order valence-corrected chi connectivity index (χ0v) is 11.0. The molecule has 0 saturated carbocycles. The highest BCUT2D eigenvalue weighted by Gasteiger charge is 2.35. The van der Waals surface area contributed by atoms with Gasteiger partial charge in [-0.05, 0) is 6.92 Å². The molecular formula is C12H21NO5. The summed E-state index contributed by atoms with van der Waals surface area (Å²) in [6.07, 6.45) is -0.377. The van der Waals surface area contributed by atoms with Crippen LogP contribution in [0.25, 0.3) is 0 Å². The molecular weight excluding hydrogens is 238 g/mol. The number of hydrogen-bond donors (Lipinski definition) is 2. The van der Waals surface area contributed by atoms with E-state index < -0.39 is 17.8 Å². The zero-order chi connectivity index (χ0) is 13.9. The van der Waals surface area contributed by atoms with Crippen LogP contribution in [-0.4, -0.2) is 58.9 Å². The standard InChI is InChI=1S/C12H21NO5/c1-7-6-18-10(5-14)4-13(7)11(15)8(2)9(3)12(16)17/h7-10,14H,4-6H2,1-3H3,(H,16,17). The Kier molecular flexibility index (Phi) is 5.10. The smallest absolute Gasteiger partial charge is 0.307 e. The lowest BCUT2D eigenvalue weighted by atomic mass is 9.94. The topological polar surface area (TPSA) is 87.1 Å². The predicted octanol–water partition coefficient (Wildman–Crippen LogP) is -0.0486. The van der Waals surface area contributed by atoms with Crippen molar-refractivity contribution in [3.8, 4) is 0 Å². The van der Waals surface area contributed by atoms with E-state index >= 15 is 0 Å². The average Bonchev–Trinajstić information content (AvgIpc) is 2.36. The Labute approximate surface area is 107 Å². The van der Waals surface area contributed by atoms with Crippen molar-refractivity contribution >= 4 is 11.9 Å². The second kappa shape index (κ2) is 6.15. The lowest BCUT2D eigenvalue weighted by Gasteiger charge is -2.39. The van der Waals surface area contributed by atoms with Gasteiger partial charge < -0.3 is 19.8 Å². The molecule has 0 radical (unpaired) electrons. The van der Waals surface area contributed by atoms with Crippen molar-refractivity contribution in [1.29, 1.82) is 0 Å². The van der Waals surface area contributed by atoms with Crippen molar-refractivity contribution in [2.75, 3.05) is 19.8 Å². The highest BCUT2D eigenvalue weighted by Crippen LogP contribution is 2.19. The number of carboxylic acids is 1. The summed E-state index contributed by atoms with van der Waals surface area (Å²) in [5, 5.41) is 18.0. The normalized spacial score (nSPS) is 27.7. The first-order chi connectivity index (χ1) is 8.38. The molecule has 4 unspecified atom stereocenters. The third kappa shape index (κ3) is 3.20. The first kappa shape index (κ1) is 14.9. The van der Waals surface area contributed by atoms with Crippen LogP contribution in [0.15, 0.2) is 0 Å². The molecule has 1 aliphatic heterocycles. The van der Waals surface area contributed by atoms with Crippen molar-refractivity contribution in [2.24, 2.45) is 11.8 Å². The van der Waals surface area contributed by atoms with Crippen LogP contribution in [0.1, 0.15) is 20.8 Å². The van der Waals surface area contributed by atoms with E-state index in [0.717, 1.165) is 0 Å². The van der Waals surface area contributed by atoms with Gasteiger partial charge in [0.2, 0.25) is 5.91 Å². The van der Waals surface area contributed by atoms with Gasteiger partial charge in [-0.3, -0.25) is 9.59 Å². The fourth-order valence-corrected chi connectivity index (χ4v) is 1.92. The van der Waals surface area contributed by atoms with Crippen molar-refractivity contribution in [2.45, 2.75) is 32.9 Å². The SMILES string of the molecule is CC(C(=O)O)C(C)C(=O)N1CC(CO)OCC1C. The number of morpholine rings is 1. The Morgan fingerprint density at radius 3 is 2.50 bits per heavy atom. The number of amides is 1.